The summed E-state index contributed by atoms with van der Waals surface area (Å²) in [7, 11) is 1.78. The van der Waals surface area contributed by atoms with E-state index < -0.39 is 11.7 Å². The Labute approximate surface area is 125 Å². The van der Waals surface area contributed by atoms with Gasteiger partial charge in [-0.3, -0.25) is 9.67 Å². The van der Waals surface area contributed by atoms with Gasteiger partial charge in [0.2, 0.25) is 0 Å². The van der Waals surface area contributed by atoms with Gasteiger partial charge < -0.3 is 0 Å². The Kier molecular flexibility index (Phi) is 3.44. The Hall–Kier alpha value is -2.63. The normalized spacial score (nSPS) is 11.6. The fraction of sp³-hybridized carbons (Fsp3) is 0.125. The van der Waals surface area contributed by atoms with E-state index in [1.54, 1.807) is 24.1 Å². The van der Waals surface area contributed by atoms with Crippen molar-refractivity contribution in [2.45, 2.75) is 6.18 Å². The van der Waals surface area contributed by atoms with Gasteiger partial charge in [0.25, 0.3) is 0 Å². The number of aromatic nitrogens is 3. The van der Waals surface area contributed by atoms with Crippen molar-refractivity contribution in [3.8, 4) is 22.4 Å². The molecule has 0 spiro atoms. The van der Waals surface area contributed by atoms with Gasteiger partial charge in [0, 0.05) is 36.8 Å². The molecular formula is C16H12F3N3. The molecule has 2 aromatic heterocycles. The standard InChI is InChI=1S/C16H12F3N3/c1-22-10-14(11-6-8-20-9-7-11)15(21-22)12-2-4-13(5-3-12)16(17,18)19/h2-10H,1H3. The van der Waals surface area contributed by atoms with Crippen LogP contribution in [0.4, 0.5) is 13.2 Å². The van der Waals surface area contributed by atoms with Crippen LogP contribution in [0.3, 0.4) is 0 Å². The predicted molar refractivity (Wildman–Crippen MR) is 76.9 cm³/mol. The van der Waals surface area contributed by atoms with Gasteiger partial charge >= 0.3 is 6.18 Å². The van der Waals surface area contributed by atoms with E-state index in [9.17, 15) is 13.2 Å². The number of alkyl halides is 3. The van der Waals surface area contributed by atoms with Crippen LogP contribution in [0.2, 0.25) is 0 Å². The van der Waals surface area contributed by atoms with Crippen LogP contribution in [0.5, 0.6) is 0 Å². The zero-order chi connectivity index (χ0) is 15.7. The van der Waals surface area contributed by atoms with Crippen molar-refractivity contribution in [3.05, 3.63) is 60.6 Å². The van der Waals surface area contributed by atoms with Gasteiger partial charge in [-0.25, -0.2) is 0 Å². The number of halogens is 3. The van der Waals surface area contributed by atoms with E-state index in [0.29, 0.717) is 11.3 Å². The lowest BCUT2D eigenvalue weighted by Gasteiger charge is -2.07. The number of hydrogen-bond donors (Lipinski definition) is 0. The predicted octanol–water partition coefficient (Wildman–Crippen LogP) is 4.17. The largest absolute Gasteiger partial charge is 0.416 e. The zero-order valence-electron chi connectivity index (χ0n) is 11.7. The molecule has 0 N–H and O–H groups in total. The van der Waals surface area contributed by atoms with Crippen LogP contribution < -0.4 is 0 Å². The fourth-order valence-electron chi connectivity index (χ4n) is 2.26. The highest BCUT2D eigenvalue weighted by Crippen LogP contribution is 2.33. The Morgan fingerprint density at radius 3 is 2.14 bits per heavy atom. The van der Waals surface area contributed by atoms with Crippen molar-refractivity contribution in [3.63, 3.8) is 0 Å². The van der Waals surface area contributed by atoms with E-state index in [0.717, 1.165) is 23.3 Å². The molecule has 0 aliphatic carbocycles. The van der Waals surface area contributed by atoms with Crippen LogP contribution in [-0.2, 0) is 13.2 Å². The van der Waals surface area contributed by atoms with Gasteiger partial charge in [0.15, 0.2) is 0 Å². The SMILES string of the molecule is Cn1cc(-c2ccncc2)c(-c2ccc(C(F)(F)F)cc2)n1. The number of aryl methyl sites for hydroxylation is 1. The minimum atomic E-state index is -4.34. The molecule has 3 rings (SSSR count). The second-order valence-corrected chi connectivity index (χ2v) is 4.88. The van der Waals surface area contributed by atoms with Gasteiger partial charge in [-0.1, -0.05) is 12.1 Å². The third-order valence-corrected chi connectivity index (χ3v) is 3.31. The second-order valence-electron chi connectivity index (χ2n) is 4.88. The van der Waals surface area contributed by atoms with Gasteiger partial charge in [-0.2, -0.15) is 18.3 Å². The average molecular weight is 303 g/mol. The summed E-state index contributed by atoms with van der Waals surface area (Å²) in [4.78, 5) is 3.97. The van der Waals surface area contributed by atoms with Crippen molar-refractivity contribution in [2.75, 3.05) is 0 Å². The van der Waals surface area contributed by atoms with Crippen LogP contribution in [0.15, 0.2) is 55.0 Å². The molecule has 0 fully saturated rings. The lowest BCUT2D eigenvalue weighted by molar-refractivity contribution is -0.137. The van der Waals surface area contributed by atoms with Crippen LogP contribution in [0, 0.1) is 0 Å². The molecule has 0 atom stereocenters. The molecule has 0 amide bonds. The first-order valence-corrected chi connectivity index (χ1v) is 6.57. The molecule has 0 unspecified atom stereocenters. The Balaban J connectivity index is 2.06. The topological polar surface area (TPSA) is 30.7 Å². The van der Waals surface area contributed by atoms with E-state index in [-0.39, 0.29) is 0 Å². The van der Waals surface area contributed by atoms with Crippen LogP contribution in [-0.4, -0.2) is 14.8 Å². The summed E-state index contributed by atoms with van der Waals surface area (Å²) in [6, 6.07) is 8.70. The zero-order valence-corrected chi connectivity index (χ0v) is 11.7. The van der Waals surface area contributed by atoms with Crippen molar-refractivity contribution in [1.82, 2.24) is 14.8 Å². The molecule has 0 saturated carbocycles. The molecule has 0 bridgehead atoms. The fourth-order valence-corrected chi connectivity index (χ4v) is 2.26. The van der Waals surface area contributed by atoms with Crippen molar-refractivity contribution in [2.24, 2.45) is 7.05 Å². The van der Waals surface area contributed by atoms with E-state index in [1.807, 2.05) is 18.3 Å². The molecule has 3 aromatic rings. The highest BCUT2D eigenvalue weighted by molar-refractivity contribution is 5.80. The smallest absolute Gasteiger partial charge is 0.275 e. The van der Waals surface area contributed by atoms with E-state index in [4.69, 9.17) is 0 Å². The number of benzene rings is 1. The van der Waals surface area contributed by atoms with Gasteiger partial charge in [0.1, 0.15) is 5.69 Å². The summed E-state index contributed by atoms with van der Waals surface area (Å²) >= 11 is 0. The van der Waals surface area contributed by atoms with Crippen molar-refractivity contribution in [1.29, 1.82) is 0 Å². The van der Waals surface area contributed by atoms with E-state index in [1.165, 1.54) is 12.1 Å². The van der Waals surface area contributed by atoms with Crippen LogP contribution in [0.1, 0.15) is 5.56 Å². The maximum Gasteiger partial charge on any atom is 0.416 e. The molecule has 22 heavy (non-hydrogen) atoms. The third-order valence-electron chi connectivity index (χ3n) is 3.31. The van der Waals surface area contributed by atoms with Crippen LogP contribution in [0.25, 0.3) is 22.4 Å². The van der Waals surface area contributed by atoms with E-state index >= 15 is 0 Å². The lowest BCUT2D eigenvalue weighted by Crippen LogP contribution is -2.04. The molecule has 1 aromatic carbocycles. The quantitative estimate of drug-likeness (QED) is 0.711. The minimum Gasteiger partial charge on any atom is -0.275 e. The van der Waals surface area contributed by atoms with Gasteiger partial charge in [-0.05, 0) is 29.8 Å². The minimum absolute atomic E-state index is 0.639. The summed E-state index contributed by atoms with van der Waals surface area (Å²) in [5.41, 5.74) is 2.38. The summed E-state index contributed by atoms with van der Waals surface area (Å²) in [6.07, 6.45) is 0.830. The second kappa shape index (κ2) is 5.29. The maximum absolute atomic E-state index is 12.6. The Morgan fingerprint density at radius 2 is 1.55 bits per heavy atom. The van der Waals surface area contributed by atoms with Crippen molar-refractivity contribution >= 4 is 0 Å². The van der Waals surface area contributed by atoms with E-state index in [2.05, 4.69) is 10.1 Å². The average Bonchev–Trinajstić information content (AvgIpc) is 2.89. The lowest BCUT2D eigenvalue weighted by atomic mass is 10.0. The number of pyridine rings is 1. The molecule has 0 aliphatic heterocycles. The maximum atomic E-state index is 12.6. The first-order valence-electron chi connectivity index (χ1n) is 6.57. The first-order chi connectivity index (χ1) is 10.4. The summed E-state index contributed by atoms with van der Waals surface area (Å²) in [6.45, 7) is 0. The Morgan fingerprint density at radius 1 is 0.909 bits per heavy atom. The molecule has 0 aliphatic rings. The highest BCUT2D eigenvalue weighted by Gasteiger charge is 2.30. The third kappa shape index (κ3) is 2.72. The van der Waals surface area contributed by atoms with Crippen molar-refractivity contribution < 1.29 is 13.2 Å². The highest BCUT2D eigenvalue weighted by atomic mass is 19.4. The van der Waals surface area contributed by atoms with Gasteiger partial charge in [0.05, 0.1) is 5.56 Å². The number of hydrogen-bond acceptors (Lipinski definition) is 2. The molecule has 6 heteroatoms. The monoisotopic (exact) mass is 303 g/mol. The molecule has 3 nitrogen and oxygen atoms in total. The van der Waals surface area contributed by atoms with Gasteiger partial charge in [-0.15, -0.1) is 0 Å². The molecule has 112 valence electrons. The Bertz CT molecular complexity index is 775. The molecular weight excluding hydrogens is 291 g/mol. The number of nitrogens with zero attached hydrogens (tertiary/aromatic N) is 3. The molecule has 0 saturated heterocycles. The van der Waals surface area contributed by atoms with Crippen LogP contribution >= 0.6 is 0 Å². The number of rotatable bonds is 2. The molecule has 2 heterocycles. The molecule has 0 radical (unpaired) electrons. The summed E-state index contributed by atoms with van der Waals surface area (Å²) in [5.74, 6) is 0. The summed E-state index contributed by atoms with van der Waals surface area (Å²) in [5, 5.41) is 4.36. The first kappa shape index (κ1) is 14.3. The summed E-state index contributed by atoms with van der Waals surface area (Å²) < 4.78 is 39.6.